The van der Waals surface area contributed by atoms with E-state index in [2.05, 4.69) is 166 Å². The van der Waals surface area contributed by atoms with E-state index in [1.807, 2.05) is 12.3 Å². The van der Waals surface area contributed by atoms with Crippen LogP contribution in [0.4, 0.5) is 17.2 Å². The molecule has 0 unspecified atom stereocenters. The topological polar surface area (TPSA) is 38.9 Å². The molecular weight excluding hydrogens is 599 g/mol. The van der Waals surface area contributed by atoms with Crippen LogP contribution in [0.15, 0.2) is 164 Å². The first-order chi connectivity index (χ1) is 24.3. The lowest BCUT2D eigenvalue weighted by Gasteiger charge is -2.33. The number of hydrogen-bond acceptors (Lipinski definition) is 3. The first-order valence-electron chi connectivity index (χ1n) is 16.6. The maximum Gasteiger partial charge on any atom is 0.140 e. The number of nitrogens with zero attached hydrogens (tertiary/aromatic N) is 5. The highest BCUT2D eigenvalue weighted by atomic mass is 15.2. The molecule has 0 radical (unpaired) electrons. The van der Waals surface area contributed by atoms with Crippen molar-refractivity contribution in [1.82, 2.24) is 19.1 Å². The second-order valence-corrected chi connectivity index (χ2v) is 12.7. The van der Waals surface area contributed by atoms with Crippen LogP contribution in [-0.2, 0) is 0 Å². The highest BCUT2D eigenvalue weighted by Gasteiger charge is 2.29. The molecule has 0 bridgehead atoms. The predicted octanol–water partition coefficient (Wildman–Crippen LogP) is 11.3. The van der Waals surface area contributed by atoms with Gasteiger partial charge in [-0.3, -0.25) is 14.0 Å². The summed E-state index contributed by atoms with van der Waals surface area (Å²) in [6.45, 7) is 0. The van der Waals surface area contributed by atoms with Crippen molar-refractivity contribution in [3.63, 3.8) is 0 Å². The maximum atomic E-state index is 5.47. The molecule has 11 rings (SSSR count). The van der Waals surface area contributed by atoms with Gasteiger partial charge in [0.2, 0.25) is 0 Å². The van der Waals surface area contributed by atoms with Crippen molar-refractivity contribution < 1.29 is 0 Å². The summed E-state index contributed by atoms with van der Waals surface area (Å²) in [6.07, 6.45) is 1.86. The van der Waals surface area contributed by atoms with Crippen molar-refractivity contribution in [3.8, 4) is 22.8 Å². The Labute approximate surface area is 281 Å². The SMILES string of the molecule is c1ccc(-n2c3ccccc3c3cc4c(cc32)N(c2cccc(-n3c5ccccc5c5ccccc53)n2)c2cccc3cccc-4c23)nc1. The minimum absolute atomic E-state index is 0.863. The minimum Gasteiger partial charge on any atom is -0.294 e. The third-order valence-electron chi connectivity index (χ3n) is 10.1. The minimum atomic E-state index is 0.863. The van der Waals surface area contributed by atoms with E-state index in [1.54, 1.807) is 0 Å². The van der Waals surface area contributed by atoms with E-state index in [0.29, 0.717) is 0 Å². The van der Waals surface area contributed by atoms with Gasteiger partial charge in [-0.25, -0.2) is 9.97 Å². The van der Waals surface area contributed by atoms with Gasteiger partial charge < -0.3 is 0 Å². The number of benzene rings is 6. The molecule has 4 aromatic heterocycles. The molecule has 0 atom stereocenters. The second-order valence-electron chi connectivity index (χ2n) is 12.7. The fourth-order valence-corrected chi connectivity index (χ4v) is 8.08. The van der Waals surface area contributed by atoms with Gasteiger partial charge in [0.05, 0.1) is 33.4 Å². The molecule has 10 aromatic rings. The van der Waals surface area contributed by atoms with Crippen LogP contribution in [0.25, 0.3) is 77.1 Å². The number of rotatable bonds is 3. The number of hydrogen-bond donors (Lipinski definition) is 0. The van der Waals surface area contributed by atoms with Crippen molar-refractivity contribution >= 4 is 71.6 Å². The van der Waals surface area contributed by atoms with E-state index >= 15 is 0 Å². The summed E-state index contributed by atoms with van der Waals surface area (Å²) in [5, 5.41) is 7.28. The third kappa shape index (κ3) is 3.64. The first-order valence-corrected chi connectivity index (χ1v) is 16.6. The van der Waals surface area contributed by atoms with E-state index in [1.165, 1.54) is 43.4 Å². The van der Waals surface area contributed by atoms with Crippen LogP contribution in [0.3, 0.4) is 0 Å². The van der Waals surface area contributed by atoms with Crippen LogP contribution >= 0.6 is 0 Å². The fraction of sp³-hybridized carbons (Fsp3) is 0. The summed E-state index contributed by atoms with van der Waals surface area (Å²) in [4.78, 5) is 12.6. The third-order valence-corrected chi connectivity index (χ3v) is 10.1. The quantitative estimate of drug-likeness (QED) is 0.196. The van der Waals surface area contributed by atoms with Crippen molar-refractivity contribution in [2.45, 2.75) is 0 Å². The largest absolute Gasteiger partial charge is 0.294 e. The Morgan fingerprint density at radius 3 is 1.69 bits per heavy atom. The van der Waals surface area contributed by atoms with Crippen molar-refractivity contribution in [2.75, 3.05) is 4.90 Å². The highest BCUT2D eigenvalue weighted by Crippen LogP contribution is 2.52. The molecule has 0 N–H and O–H groups in total. The molecule has 5 nitrogen and oxygen atoms in total. The molecule has 0 fully saturated rings. The number of anilines is 3. The fourth-order valence-electron chi connectivity index (χ4n) is 8.08. The van der Waals surface area contributed by atoms with Crippen LogP contribution in [0.5, 0.6) is 0 Å². The highest BCUT2D eigenvalue weighted by molar-refractivity contribution is 6.19. The molecule has 49 heavy (non-hydrogen) atoms. The Balaban J connectivity index is 1.23. The average Bonchev–Trinajstić information content (AvgIpc) is 3.67. The van der Waals surface area contributed by atoms with Crippen molar-refractivity contribution in [1.29, 1.82) is 0 Å². The molecular formula is C44H27N5. The Hall–Kier alpha value is -6.72. The molecule has 5 heterocycles. The van der Waals surface area contributed by atoms with E-state index in [-0.39, 0.29) is 0 Å². The molecule has 1 aliphatic heterocycles. The lowest BCUT2D eigenvalue weighted by molar-refractivity contribution is 1.06. The van der Waals surface area contributed by atoms with Crippen LogP contribution in [0.1, 0.15) is 0 Å². The van der Waals surface area contributed by atoms with Crippen molar-refractivity contribution in [3.05, 3.63) is 164 Å². The van der Waals surface area contributed by atoms with Gasteiger partial charge in [0.15, 0.2) is 0 Å². The molecule has 0 aliphatic carbocycles. The normalized spacial score (nSPS) is 12.4. The molecule has 6 aromatic carbocycles. The lowest BCUT2D eigenvalue weighted by atomic mass is 9.90. The van der Waals surface area contributed by atoms with Crippen LogP contribution < -0.4 is 4.90 Å². The molecule has 0 amide bonds. The van der Waals surface area contributed by atoms with Crippen LogP contribution in [0, 0.1) is 0 Å². The summed E-state index contributed by atoms with van der Waals surface area (Å²) in [5.74, 6) is 2.64. The van der Waals surface area contributed by atoms with E-state index in [4.69, 9.17) is 9.97 Å². The van der Waals surface area contributed by atoms with Crippen molar-refractivity contribution in [2.24, 2.45) is 0 Å². The van der Waals surface area contributed by atoms with Crippen LogP contribution in [0.2, 0.25) is 0 Å². The first kappa shape index (κ1) is 26.4. The van der Waals surface area contributed by atoms with Gasteiger partial charge in [-0.1, -0.05) is 97.1 Å². The van der Waals surface area contributed by atoms with Gasteiger partial charge >= 0.3 is 0 Å². The summed E-state index contributed by atoms with van der Waals surface area (Å²) >= 11 is 0. The standard InChI is InChI=1S/C44H27N5/c1-4-18-35-29(14-1)30-15-2-5-19-36(30)47(35)42-23-11-24-43(46-42)49-38-21-10-13-28-12-9-17-32(44(28)38)34-26-33-31-16-3-6-20-37(31)48(39(33)27-40(34)49)41-22-7-8-25-45-41/h1-27H. The predicted molar refractivity (Wildman–Crippen MR) is 202 cm³/mol. The zero-order chi connectivity index (χ0) is 32.1. The Kier molecular flexibility index (Phi) is 5.32. The zero-order valence-electron chi connectivity index (χ0n) is 26.3. The average molecular weight is 626 g/mol. The number of aromatic nitrogens is 4. The summed E-state index contributed by atoms with van der Waals surface area (Å²) in [5.41, 5.74) is 9.14. The monoisotopic (exact) mass is 625 g/mol. The van der Waals surface area contributed by atoms with Gasteiger partial charge in [-0.05, 0) is 71.6 Å². The van der Waals surface area contributed by atoms with Crippen LogP contribution in [-0.4, -0.2) is 19.1 Å². The van der Waals surface area contributed by atoms with E-state index in [0.717, 1.165) is 50.9 Å². The van der Waals surface area contributed by atoms with E-state index in [9.17, 15) is 0 Å². The summed E-state index contributed by atoms with van der Waals surface area (Å²) < 4.78 is 4.57. The maximum absolute atomic E-state index is 5.47. The second kappa shape index (κ2) is 9.89. The summed E-state index contributed by atoms with van der Waals surface area (Å²) in [7, 11) is 0. The van der Waals surface area contributed by atoms with Gasteiger partial charge in [0, 0.05) is 38.7 Å². The Morgan fingerprint density at radius 1 is 0.388 bits per heavy atom. The number of para-hydroxylation sites is 3. The van der Waals surface area contributed by atoms with Gasteiger partial charge in [0.25, 0.3) is 0 Å². The summed E-state index contributed by atoms with van der Waals surface area (Å²) in [6, 6.07) is 56.2. The zero-order valence-corrected chi connectivity index (χ0v) is 26.3. The molecule has 0 spiro atoms. The number of fused-ring (bicyclic) bond motifs is 8. The molecule has 0 saturated heterocycles. The lowest BCUT2D eigenvalue weighted by Crippen LogP contribution is -2.17. The van der Waals surface area contributed by atoms with Gasteiger partial charge in [0.1, 0.15) is 17.5 Å². The Morgan fingerprint density at radius 2 is 0.980 bits per heavy atom. The Bertz CT molecular complexity index is 2890. The number of pyridine rings is 2. The smallest absolute Gasteiger partial charge is 0.140 e. The van der Waals surface area contributed by atoms with Gasteiger partial charge in [-0.15, -0.1) is 0 Å². The van der Waals surface area contributed by atoms with E-state index < -0.39 is 0 Å². The molecule has 5 heteroatoms. The molecule has 228 valence electrons. The molecule has 1 aliphatic rings. The van der Waals surface area contributed by atoms with Gasteiger partial charge in [-0.2, -0.15) is 0 Å². The molecule has 0 saturated carbocycles.